The summed E-state index contributed by atoms with van der Waals surface area (Å²) in [4.78, 5) is 11.7. The fourth-order valence-corrected chi connectivity index (χ4v) is 4.13. The van der Waals surface area contributed by atoms with Crippen LogP contribution in [0.15, 0.2) is 0 Å². The standard InChI is InChI=1S/C26H51ClO2/c1-3-5-6-7-8-9-10-11-12-13-14-15-16-17-18-19-20-22-26(28)29-24-23-25(27)21-4-2/h25H,3-24H2,1-2H3. The molecule has 0 aliphatic heterocycles. The predicted octanol–water partition coefficient (Wildman–Crippen LogP) is 9.37. The van der Waals surface area contributed by atoms with E-state index in [1.165, 1.54) is 96.3 Å². The van der Waals surface area contributed by atoms with Crippen LogP contribution >= 0.6 is 11.6 Å². The highest BCUT2D eigenvalue weighted by Gasteiger charge is 2.06. The summed E-state index contributed by atoms with van der Waals surface area (Å²) in [5.74, 6) is -0.0497. The molecule has 0 aromatic heterocycles. The van der Waals surface area contributed by atoms with E-state index in [0.717, 1.165) is 32.1 Å². The van der Waals surface area contributed by atoms with Gasteiger partial charge in [-0.2, -0.15) is 0 Å². The number of ether oxygens (including phenoxy) is 1. The summed E-state index contributed by atoms with van der Waals surface area (Å²) in [5.41, 5.74) is 0. The fourth-order valence-electron chi connectivity index (χ4n) is 3.82. The number of carbonyl (C=O) groups is 1. The summed E-state index contributed by atoms with van der Waals surface area (Å²) >= 11 is 6.13. The Balaban J connectivity index is 3.15. The molecule has 174 valence electrons. The van der Waals surface area contributed by atoms with Crippen molar-refractivity contribution >= 4 is 17.6 Å². The molecule has 1 atom stereocenters. The van der Waals surface area contributed by atoms with Gasteiger partial charge >= 0.3 is 5.97 Å². The molecule has 1 unspecified atom stereocenters. The summed E-state index contributed by atoms with van der Waals surface area (Å²) in [6.07, 6.45) is 26.6. The summed E-state index contributed by atoms with van der Waals surface area (Å²) in [7, 11) is 0. The number of esters is 1. The van der Waals surface area contributed by atoms with E-state index in [1.807, 2.05) is 0 Å². The average molecular weight is 431 g/mol. The molecule has 0 aromatic rings. The molecular formula is C26H51ClO2. The molecule has 0 saturated carbocycles. The molecule has 2 nitrogen and oxygen atoms in total. The SMILES string of the molecule is CCCCCCCCCCCCCCCCCCCC(=O)OCCC(Cl)CCC. The Morgan fingerprint density at radius 1 is 0.621 bits per heavy atom. The van der Waals surface area contributed by atoms with Crippen LogP contribution in [-0.4, -0.2) is 18.0 Å². The summed E-state index contributed by atoms with van der Waals surface area (Å²) in [5, 5.41) is 0.146. The van der Waals surface area contributed by atoms with Crippen molar-refractivity contribution in [3.05, 3.63) is 0 Å². The van der Waals surface area contributed by atoms with E-state index in [2.05, 4.69) is 13.8 Å². The van der Waals surface area contributed by atoms with Gasteiger partial charge in [0.1, 0.15) is 0 Å². The van der Waals surface area contributed by atoms with Crippen LogP contribution in [0.25, 0.3) is 0 Å². The molecule has 0 aromatic carbocycles. The van der Waals surface area contributed by atoms with Gasteiger partial charge in [-0.1, -0.05) is 123 Å². The summed E-state index contributed by atoms with van der Waals surface area (Å²) < 4.78 is 5.26. The lowest BCUT2D eigenvalue weighted by Gasteiger charge is -2.08. The summed E-state index contributed by atoms with van der Waals surface area (Å²) in [6.45, 7) is 4.89. The van der Waals surface area contributed by atoms with Gasteiger partial charge in [-0.25, -0.2) is 0 Å². The smallest absolute Gasteiger partial charge is 0.305 e. The number of unbranched alkanes of at least 4 members (excludes halogenated alkanes) is 16. The summed E-state index contributed by atoms with van der Waals surface area (Å²) in [6, 6.07) is 0. The van der Waals surface area contributed by atoms with Gasteiger partial charge in [0, 0.05) is 11.8 Å². The molecule has 0 spiro atoms. The number of hydrogen-bond acceptors (Lipinski definition) is 2. The topological polar surface area (TPSA) is 26.3 Å². The molecule has 0 aliphatic rings. The van der Waals surface area contributed by atoms with Gasteiger partial charge in [0.15, 0.2) is 0 Å². The highest BCUT2D eigenvalue weighted by molar-refractivity contribution is 6.20. The van der Waals surface area contributed by atoms with Crippen LogP contribution in [0, 0.1) is 0 Å². The third kappa shape index (κ3) is 23.9. The van der Waals surface area contributed by atoms with Crippen molar-refractivity contribution in [3.63, 3.8) is 0 Å². The van der Waals surface area contributed by atoms with Crippen molar-refractivity contribution in [2.45, 2.75) is 154 Å². The molecule has 0 radical (unpaired) electrons. The van der Waals surface area contributed by atoms with Crippen molar-refractivity contribution in [2.75, 3.05) is 6.61 Å². The molecule has 0 bridgehead atoms. The highest BCUT2D eigenvalue weighted by atomic mass is 35.5. The van der Waals surface area contributed by atoms with E-state index in [0.29, 0.717) is 13.0 Å². The van der Waals surface area contributed by atoms with Crippen LogP contribution < -0.4 is 0 Å². The van der Waals surface area contributed by atoms with Crippen molar-refractivity contribution in [1.29, 1.82) is 0 Å². The van der Waals surface area contributed by atoms with Crippen molar-refractivity contribution in [2.24, 2.45) is 0 Å². The second-order valence-electron chi connectivity index (χ2n) is 8.80. The quantitative estimate of drug-likeness (QED) is 0.0915. The third-order valence-electron chi connectivity index (χ3n) is 5.78. The largest absolute Gasteiger partial charge is 0.466 e. The van der Waals surface area contributed by atoms with E-state index in [-0.39, 0.29) is 11.3 Å². The maximum atomic E-state index is 11.7. The van der Waals surface area contributed by atoms with Gasteiger partial charge in [-0.15, -0.1) is 11.6 Å². The van der Waals surface area contributed by atoms with Crippen molar-refractivity contribution in [1.82, 2.24) is 0 Å². The normalized spacial score (nSPS) is 12.2. The van der Waals surface area contributed by atoms with Crippen LogP contribution in [0.1, 0.15) is 149 Å². The van der Waals surface area contributed by atoms with Gasteiger partial charge in [-0.05, 0) is 19.3 Å². The van der Waals surface area contributed by atoms with E-state index in [9.17, 15) is 4.79 Å². The van der Waals surface area contributed by atoms with E-state index in [1.54, 1.807) is 0 Å². The first-order valence-electron chi connectivity index (χ1n) is 13.0. The maximum Gasteiger partial charge on any atom is 0.305 e. The Kier molecular flexibility index (Phi) is 23.8. The Hall–Kier alpha value is -0.240. The lowest BCUT2D eigenvalue weighted by Crippen LogP contribution is -2.09. The van der Waals surface area contributed by atoms with Gasteiger partial charge in [-0.3, -0.25) is 4.79 Å². The minimum absolute atomic E-state index is 0.0497. The van der Waals surface area contributed by atoms with Gasteiger partial charge in [0.25, 0.3) is 0 Å². The monoisotopic (exact) mass is 430 g/mol. The van der Waals surface area contributed by atoms with Gasteiger partial charge in [0.05, 0.1) is 6.61 Å². The third-order valence-corrected chi connectivity index (χ3v) is 6.22. The number of rotatable bonds is 23. The minimum Gasteiger partial charge on any atom is -0.466 e. The lowest BCUT2D eigenvalue weighted by molar-refractivity contribution is -0.143. The van der Waals surface area contributed by atoms with Crippen LogP contribution in [0.3, 0.4) is 0 Å². The number of carbonyl (C=O) groups excluding carboxylic acids is 1. The Morgan fingerprint density at radius 2 is 1.03 bits per heavy atom. The molecule has 0 aliphatic carbocycles. The average Bonchev–Trinajstić information content (AvgIpc) is 2.70. The maximum absolute atomic E-state index is 11.7. The highest BCUT2D eigenvalue weighted by Crippen LogP contribution is 2.14. The zero-order valence-corrected chi connectivity index (χ0v) is 20.6. The van der Waals surface area contributed by atoms with E-state index in [4.69, 9.17) is 16.3 Å². The second-order valence-corrected chi connectivity index (χ2v) is 9.42. The van der Waals surface area contributed by atoms with Crippen LogP contribution in [0.5, 0.6) is 0 Å². The molecular weight excluding hydrogens is 380 g/mol. The predicted molar refractivity (Wildman–Crippen MR) is 129 cm³/mol. The van der Waals surface area contributed by atoms with Crippen molar-refractivity contribution in [3.8, 4) is 0 Å². The lowest BCUT2D eigenvalue weighted by atomic mass is 10.0. The van der Waals surface area contributed by atoms with E-state index < -0.39 is 0 Å². The zero-order chi connectivity index (χ0) is 21.4. The Morgan fingerprint density at radius 3 is 1.45 bits per heavy atom. The molecule has 0 N–H and O–H groups in total. The molecule has 0 fully saturated rings. The Bertz CT molecular complexity index is 333. The first-order chi connectivity index (χ1) is 14.2. The van der Waals surface area contributed by atoms with Crippen LogP contribution in [-0.2, 0) is 9.53 Å². The number of halogens is 1. The molecule has 0 rings (SSSR count). The van der Waals surface area contributed by atoms with E-state index >= 15 is 0 Å². The molecule has 0 saturated heterocycles. The molecule has 0 heterocycles. The van der Waals surface area contributed by atoms with Gasteiger partial charge in [0.2, 0.25) is 0 Å². The van der Waals surface area contributed by atoms with Gasteiger partial charge < -0.3 is 4.74 Å². The first kappa shape index (κ1) is 28.8. The first-order valence-corrected chi connectivity index (χ1v) is 13.4. The van der Waals surface area contributed by atoms with Crippen LogP contribution in [0.2, 0.25) is 0 Å². The second kappa shape index (κ2) is 24.0. The minimum atomic E-state index is -0.0497. The Labute approximate surface area is 187 Å². The molecule has 0 amide bonds. The zero-order valence-electron chi connectivity index (χ0n) is 19.8. The number of hydrogen-bond donors (Lipinski definition) is 0. The van der Waals surface area contributed by atoms with Crippen LogP contribution in [0.4, 0.5) is 0 Å². The van der Waals surface area contributed by atoms with Crippen molar-refractivity contribution < 1.29 is 9.53 Å². The molecule has 29 heavy (non-hydrogen) atoms. The fraction of sp³-hybridized carbons (Fsp3) is 0.962. The number of alkyl halides is 1. The molecule has 3 heteroatoms.